The molecule has 0 aliphatic rings. The molecule has 27 heavy (non-hydrogen) atoms. The van der Waals surface area contributed by atoms with Crippen LogP contribution in [0.1, 0.15) is 16.8 Å². The van der Waals surface area contributed by atoms with Crippen molar-refractivity contribution in [1.82, 2.24) is 15.2 Å². The van der Waals surface area contributed by atoms with Crippen LogP contribution in [0.25, 0.3) is 0 Å². The fourth-order valence-corrected chi connectivity index (χ4v) is 2.70. The largest absolute Gasteiger partial charge is 0.342 e. The van der Waals surface area contributed by atoms with E-state index in [0.717, 1.165) is 11.1 Å². The van der Waals surface area contributed by atoms with E-state index in [4.69, 9.17) is 0 Å². The molecule has 2 aromatic carbocycles. The molecule has 0 spiro atoms. The lowest BCUT2D eigenvalue weighted by Gasteiger charge is -2.22. The van der Waals surface area contributed by atoms with Gasteiger partial charge < -0.3 is 10.2 Å². The predicted octanol–water partition coefficient (Wildman–Crippen LogP) is 2.93. The fourth-order valence-electron chi connectivity index (χ4n) is 2.70. The van der Waals surface area contributed by atoms with Crippen LogP contribution in [0.2, 0.25) is 0 Å². The van der Waals surface area contributed by atoms with Crippen LogP contribution >= 0.6 is 0 Å². The molecule has 0 saturated heterocycles. The van der Waals surface area contributed by atoms with Crippen molar-refractivity contribution in [2.75, 3.05) is 0 Å². The summed E-state index contributed by atoms with van der Waals surface area (Å²) in [6.45, 7) is 0.951. The number of hydrogen-bond acceptors (Lipinski definition) is 3. The summed E-state index contributed by atoms with van der Waals surface area (Å²) in [5.74, 6) is -1.19. The molecule has 3 aromatic rings. The average Bonchev–Trinajstić information content (AvgIpc) is 2.73. The van der Waals surface area contributed by atoms with Crippen LogP contribution in [-0.2, 0) is 29.2 Å². The van der Waals surface area contributed by atoms with Crippen LogP contribution in [0, 0.1) is 0 Å². The molecule has 136 valence electrons. The number of aromatic nitrogens is 1. The van der Waals surface area contributed by atoms with Crippen LogP contribution in [0.15, 0.2) is 85.1 Å². The fraction of sp³-hybridized carbons (Fsp3) is 0.136. The summed E-state index contributed by atoms with van der Waals surface area (Å²) in [6, 6.07) is 24.7. The lowest BCUT2D eigenvalue weighted by atomic mass is 10.1. The summed E-state index contributed by atoms with van der Waals surface area (Å²) in [5, 5.41) is 2.66. The topological polar surface area (TPSA) is 62.3 Å². The summed E-state index contributed by atoms with van der Waals surface area (Å²) in [7, 11) is 0. The van der Waals surface area contributed by atoms with Crippen molar-refractivity contribution in [2.45, 2.75) is 19.6 Å². The van der Waals surface area contributed by atoms with Crippen molar-refractivity contribution >= 4 is 11.8 Å². The van der Waals surface area contributed by atoms with Crippen molar-refractivity contribution in [3.8, 4) is 0 Å². The Morgan fingerprint density at radius 3 is 1.85 bits per heavy atom. The van der Waals surface area contributed by atoms with E-state index in [1.54, 1.807) is 23.2 Å². The lowest BCUT2D eigenvalue weighted by Crippen LogP contribution is -2.42. The normalized spacial score (nSPS) is 10.2. The van der Waals surface area contributed by atoms with Crippen LogP contribution in [-0.4, -0.2) is 21.7 Å². The number of benzene rings is 2. The Bertz CT molecular complexity index is 826. The minimum atomic E-state index is -0.632. The van der Waals surface area contributed by atoms with E-state index in [1.807, 2.05) is 66.7 Å². The van der Waals surface area contributed by atoms with Gasteiger partial charge in [0.15, 0.2) is 0 Å². The molecule has 0 bridgehead atoms. The zero-order chi connectivity index (χ0) is 18.9. The molecule has 3 rings (SSSR count). The third kappa shape index (κ3) is 5.51. The minimum absolute atomic E-state index is 0.218. The first-order valence-corrected chi connectivity index (χ1v) is 8.77. The van der Waals surface area contributed by atoms with E-state index in [1.165, 1.54) is 0 Å². The van der Waals surface area contributed by atoms with Crippen LogP contribution < -0.4 is 5.32 Å². The monoisotopic (exact) mass is 359 g/mol. The average molecular weight is 359 g/mol. The molecule has 0 saturated carbocycles. The molecule has 2 amide bonds. The van der Waals surface area contributed by atoms with Gasteiger partial charge in [-0.2, -0.15) is 0 Å². The molecular weight excluding hydrogens is 338 g/mol. The zero-order valence-corrected chi connectivity index (χ0v) is 14.9. The minimum Gasteiger partial charge on any atom is -0.342 e. The molecule has 0 aliphatic carbocycles. The SMILES string of the molecule is O=C(NCc1ccccn1)C(=O)N(Cc1ccccc1)Cc1ccccc1. The molecule has 1 aromatic heterocycles. The third-order valence-electron chi connectivity index (χ3n) is 4.07. The molecule has 5 nitrogen and oxygen atoms in total. The van der Waals surface area contributed by atoms with Crippen LogP contribution in [0.5, 0.6) is 0 Å². The van der Waals surface area contributed by atoms with Gasteiger partial charge >= 0.3 is 11.8 Å². The second-order valence-electron chi connectivity index (χ2n) is 6.14. The lowest BCUT2D eigenvalue weighted by molar-refractivity contribution is -0.146. The number of nitrogens with zero attached hydrogens (tertiary/aromatic N) is 2. The van der Waals surface area contributed by atoms with Crippen molar-refractivity contribution in [3.05, 3.63) is 102 Å². The molecule has 0 aliphatic heterocycles. The standard InChI is InChI=1S/C22H21N3O2/c26-21(24-15-20-13-7-8-14-23-20)22(27)25(16-18-9-3-1-4-10-18)17-19-11-5-2-6-12-19/h1-14H,15-17H2,(H,24,26). The molecule has 0 atom stereocenters. The van der Waals surface area contributed by atoms with Gasteiger partial charge in [-0.3, -0.25) is 14.6 Å². The highest BCUT2D eigenvalue weighted by molar-refractivity contribution is 6.34. The Morgan fingerprint density at radius 1 is 0.778 bits per heavy atom. The maximum absolute atomic E-state index is 12.8. The summed E-state index contributed by atoms with van der Waals surface area (Å²) >= 11 is 0. The van der Waals surface area contributed by atoms with Crippen molar-refractivity contribution in [3.63, 3.8) is 0 Å². The van der Waals surface area contributed by atoms with Crippen molar-refractivity contribution in [2.24, 2.45) is 0 Å². The molecule has 0 unspecified atom stereocenters. The Balaban J connectivity index is 1.70. The number of hydrogen-bond donors (Lipinski definition) is 1. The third-order valence-corrected chi connectivity index (χ3v) is 4.07. The predicted molar refractivity (Wildman–Crippen MR) is 103 cm³/mol. The van der Waals surface area contributed by atoms with Gasteiger partial charge in [0.1, 0.15) is 0 Å². The van der Waals surface area contributed by atoms with Gasteiger partial charge in [0.05, 0.1) is 12.2 Å². The summed E-state index contributed by atoms with van der Waals surface area (Å²) in [5.41, 5.74) is 2.65. The Kier molecular flexibility index (Phi) is 6.30. The highest BCUT2D eigenvalue weighted by atomic mass is 16.2. The van der Waals surface area contributed by atoms with Gasteiger partial charge in [-0.05, 0) is 23.3 Å². The number of amides is 2. The summed E-state index contributed by atoms with van der Waals surface area (Å²) in [4.78, 5) is 30.9. The maximum atomic E-state index is 12.8. The molecule has 1 N–H and O–H groups in total. The van der Waals surface area contributed by atoms with Gasteiger partial charge in [0.2, 0.25) is 0 Å². The molecule has 5 heteroatoms. The van der Waals surface area contributed by atoms with E-state index in [0.29, 0.717) is 18.8 Å². The van der Waals surface area contributed by atoms with E-state index < -0.39 is 11.8 Å². The second-order valence-corrected chi connectivity index (χ2v) is 6.14. The van der Waals surface area contributed by atoms with Gasteiger partial charge in [0.25, 0.3) is 0 Å². The number of carbonyl (C=O) groups is 2. The number of carbonyl (C=O) groups excluding carboxylic acids is 2. The first-order valence-electron chi connectivity index (χ1n) is 8.77. The van der Waals surface area contributed by atoms with Gasteiger partial charge in [-0.25, -0.2) is 0 Å². The zero-order valence-electron chi connectivity index (χ0n) is 14.9. The van der Waals surface area contributed by atoms with Gasteiger partial charge in [-0.15, -0.1) is 0 Å². The quantitative estimate of drug-likeness (QED) is 0.689. The number of rotatable bonds is 6. The Morgan fingerprint density at radius 2 is 1.33 bits per heavy atom. The summed E-state index contributed by atoms with van der Waals surface area (Å²) < 4.78 is 0. The van der Waals surface area contributed by atoms with E-state index in [2.05, 4.69) is 10.3 Å². The maximum Gasteiger partial charge on any atom is 0.312 e. The van der Waals surface area contributed by atoms with E-state index in [-0.39, 0.29) is 6.54 Å². The smallest absolute Gasteiger partial charge is 0.312 e. The van der Waals surface area contributed by atoms with E-state index in [9.17, 15) is 9.59 Å². The van der Waals surface area contributed by atoms with E-state index >= 15 is 0 Å². The second kappa shape index (κ2) is 9.29. The first kappa shape index (κ1) is 18.3. The number of pyridine rings is 1. The Hall–Kier alpha value is -3.47. The van der Waals surface area contributed by atoms with Crippen molar-refractivity contribution in [1.29, 1.82) is 0 Å². The molecular formula is C22H21N3O2. The summed E-state index contributed by atoms with van der Waals surface area (Å²) in [6.07, 6.45) is 1.65. The highest BCUT2D eigenvalue weighted by Gasteiger charge is 2.22. The van der Waals surface area contributed by atoms with Crippen molar-refractivity contribution < 1.29 is 9.59 Å². The first-order chi connectivity index (χ1) is 13.2. The van der Waals surface area contributed by atoms with Gasteiger partial charge in [0, 0.05) is 19.3 Å². The number of nitrogens with one attached hydrogen (secondary N) is 1. The molecule has 0 fully saturated rings. The Labute approximate surface area is 158 Å². The van der Waals surface area contributed by atoms with Crippen LogP contribution in [0.3, 0.4) is 0 Å². The van der Waals surface area contributed by atoms with Crippen LogP contribution in [0.4, 0.5) is 0 Å². The molecule has 1 heterocycles. The van der Waals surface area contributed by atoms with Gasteiger partial charge in [-0.1, -0.05) is 66.7 Å². The highest BCUT2D eigenvalue weighted by Crippen LogP contribution is 2.10. The molecule has 0 radical (unpaired) electrons.